The van der Waals surface area contributed by atoms with E-state index in [0.717, 1.165) is 22.4 Å². The minimum atomic E-state index is -0.525. The summed E-state index contributed by atoms with van der Waals surface area (Å²) in [7, 11) is 4.87. The SMILES string of the molecule is COc1ccc(C2(c3ccccc3)C=Cc3c(-c4nnn[nH]4)n[nH]c3C2)c(OC)c1OC. The second-order valence-corrected chi connectivity index (χ2v) is 7.44. The molecule has 0 amide bonds. The van der Waals surface area contributed by atoms with E-state index in [1.165, 1.54) is 0 Å². The van der Waals surface area contributed by atoms with Crippen molar-refractivity contribution in [3.63, 3.8) is 0 Å². The third-order valence-electron chi connectivity index (χ3n) is 5.92. The van der Waals surface area contributed by atoms with Gasteiger partial charge in [0.15, 0.2) is 11.5 Å². The number of fused-ring (bicyclic) bond motifs is 1. The first kappa shape index (κ1) is 19.8. The lowest BCUT2D eigenvalue weighted by Crippen LogP contribution is -2.31. The van der Waals surface area contributed by atoms with E-state index in [1.807, 2.05) is 30.3 Å². The highest BCUT2D eigenvalue weighted by Crippen LogP contribution is 2.50. The van der Waals surface area contributed by atoms with E-state index in [-0.39, 0.29) is 0 Å². The first-order chi connectivity index (χ1) is 15.7. The third-order valence-corrected chi connectivity index (χ3v) is 5.92. The molecule has 0 aliphatic heterocycles. The van der Waals surface area contributed by atoms with Crippen LogP contribution in [0.25, 0.3) is 17.6 Å². The van der Waals surface area contributed by atoms with Crippen molar-refractivity contribution in [1.82, 2.24) is 30.8 Å². The number of ether oxygens (including phenoxy) is 3. The van der Waals surface area contributed by atoms with Crippen molar-refractivity contribution >= 4 is 6.08 Å². The number of hydrogen-bond donors (Lipinski definition) is 2. The molecule has 0 fully saturated rings. The zero-order valence-electron chi connectivity index (χ0n) is 17.9. The summed E-state index contributed by atoms with van der Waals surface area (Å²) in [4.78, 5) is 0. The van der Waals surface area contributed by atoms with Crippen LogP contribution in [0.2, 0.25) is 0 Å². The Balaban J connectivity index is 1.73. The highest BCUT2D eigenvalue weighted by molar-refractivity contribution is 5.74. The fourth-order valence-corrected chi connectivity index (χ4v) is 4.43. The second-order valence-electron chi connectivity index (χ2n) is 7.44. The van der Waals surface area contributed by atoms with E-state index in [9.17, 15) is 0 Å². The number of nitrogens with zero attached hydrogens (tertiary/aromatic N) is 4. The van der Waals surface area contributed by atoms with Gasteiger partial charge < -0.3 is 14.2 Å². The summed E-state index contributed by atoms with van der Waals surface area (Å²) in [6, 6.07) is 14.2. The lowest BCUT2D eigenvalue weighted by molar-refractivity contribution is 0.319. The molecule has 32 heavy (non-hydrogen) atoms. The van der Waals surface area contributed by atoms with Crippen LogP contribution >= 0.6 is 0 Å². The molecule has 0 saturated heterocycles. The van der Waals surface area contributed by atoms with Crippen molar-refractivity contribution < 1.29 is 14.2 Å². The maximum atomic E-state index is 5.87. The van der Waals surface area contributed by atoms with Gasteiger partial charge in [-0.2, -0.15) is 5.10 Å². The second kappa shape index (κ2) is 7.84. The standard InChI is InChI=1S/C23H22N6O3/c1-30-18-10-9-16(20(31-2)21(18)32-3)23(14-7-5-4-6-8-14)12-11-15-17(13-23)24-25-19(15)22-26-28-29-27-22/h4-12H,13H2,1-3H3,(H,24,25)(H,26,27,28,29). The number of rotatable bonds is 6. The van der Waals surface area contributed by atoms with E-state index in [0.29, 0.717) is 35.2 Å². The summed E-state index contributed by atoms with van der Waals surface area (Å²) in [5.41, 5.74) is 4.16. The fraction of sp³-hybridized carbons (Fsp3) is 0.217. The van der Waals surface area contributed by atoms with Gasteiger partial charge in [-0.25, -0.2) is 5.10 Å². The molecule has 0 radical (unpaired) electrons. The Morgan fingerprint density at radius 2 is 1.72 bits per heavy atom. The lowest BCUT2D eigenvalue weighted by atomic mass is 9.68. The molecule has 2 N–H and O–H groups in total. The van der Waals surface area contributed by atoms with Gasteiger partial charge in [0, 0.05) is 28.7 Å². The van der Waals surface area contributed by atoms with Crippen molar-refractivity contribution in [3.05, 3.63) is 70.9 Å². The van der Waals surface area contributed by atoms with Gasteiger partial charge in [-0.3, -0.25) is 5.10 Å². The number of methoxy groups -OCH3 is 3. The molecule has 2 aromatic carbocycles. The average molecular weight is 430 g/mol. The van der Waals surface area contributed by atoms with E-state index in [4.69, 9.17) is 14.2 Å². The first-order valence-corrected chi connectivity index (χ1v) is 10.1. The molecule has 1 aliphatic carbocycles. The zero-order valence-corrected chi connectivity index (χ0v) is 17.9. The van der Waals surface area contributed by atoms with Crippen LogP contribution in [0.4, 0.5) is 0 Å². The van der Waals surface area contributed by atoms with Crippen LogP contribution in [-0.2, 0) is 11.8 Å². The quantitative estimate of drug-likeness (QED) is 0.483. The Labute approximate surface area is 184 Å². The van der Waals surface area contributed by atoms with E-state index < -0.39 is 5.41 Å². The lowest BCUT2D eigenvalue weighted by Gasteiger charge is -2.36. The number of benzene rings is 2. The normalized spacial score (nSPS) is 17.1. The number of tetrazole rings is 1. The Morgan fingerprint density at radius 3 is 2.41 bits per heavy atom. The molecule has 0 spiro atoms. The third kappa shape index (κ3) is 2.93. The number of nitrogens with one attached hydrogen (secondary N) is 2. The summed E-state index contributed by atoms with van der Waals surface area (Å²) in [6.45, 7) is 0. The van der Waals surface area contributed by atoms with Gasteiger partial charge in [0.2, 0.25) is 11.6 Å². The molecule has 2 aromatic heterocycles. The van der Waals surface area contributed by atoms with Gasteiger partial charge in [-0.1, -0.05) is 48.6 Å². The highest BCUT2D eigenvalue weighted by atomic mass is 16.5. The van der Waals surface area contributed by atoms with Gasteiger partial charge in [-0.15, -0.1) is 5.10 Å². The summed E-state index contributed by atoms with van der Waals surface area (Å²) in [5.74, 6) is 2.31. The smallest absolute Gasteiger partial charge is 0.203 e. The number of aromatic amines is 2. The molecule has 1 unspecified atom stereocenters. The Kier molecular flexibility index (Phi) is 4.85. The monoisotopic (exact) mass is 430 g/mol. The Bertz CT molecular complexity index is 1270. The van der Waals surface area contributed by atoms with Gasteiger partial charge in [-0.05, 0) is 22.1 Å². The van der Waals surface area contributed by atoms with E-state index in [2.05, 4.69) is 55.1 Å². The van der Waals surface area contributed by atoms with Gasteiger partial charge in [0.25, 0.3) is 0 Å². The molecule has 2 heterocycles. The summed E-state index contributed by atoms with van der Waals surface area (Å²) >= 11 is 0. The van der Waals surface area contributed by atoms with Gasteiger partial charge in [0.1, 0.15) is 5.69 Å². The Hall–Kier alpha value is -4.14. The maximum Gasteiger partial charge on any atom is 0.203 e. The molecular formula is C23H22N6O3. The largest absolute Gasteiger partial charge is 0.493 e. The number of H-pyrrole nitrogens is 2. The van der Waals surface area contributed by atoms with Crippen LogP contribution in [0, 0.1) is 0 Å². The number of aromatic nitrogens is 6. The first-order valence-electron chi connectivity index (χ1n) is 10.1. The van der Waals surface area contributed by atoms with Crippen molar-refractivity contribution in [3.8, 4) is 28.8 Å². The molecule has 0 saturated carbocycles. The van der Waals surface area contributed by atoms with Crippen LogP contribution < -0.4 is 14.2 Å². The zero-order chi connectivity index (χ0) is 22.1. The summed E-state index contributed by atoms with van der Waals surface area (Å²) in [5, 5.41) is 21.8. The molecule has 9 heteroatoms. The van der Waals surface area contributed by atoms with Crippen LogP contribution in [-0.4, -0.2) is 52.2 Å². The van der Waals surface area contributed by atoms with E-state index in [1.54, 1.807) is 21.3 Å². The predicted octanol–water partition coefficient (Wildman–Crippen LogP) is 3.17. The summed E-state index contributed by atoms with van der Waals surface area (Å²) in [6.07, 6.45) is 4.86. The number of hydrogen-bond acceptors (Lipinski definition) is 7. The van der Waals surface area contributed by atoms with Gasteiger partial charge in [0.05, 0.1) is 21.3 Å². The summed E-state index contributed by atoms with van der Waals surface area (Å²) < 4.78 is 17.0. The van der Waals surface area contributed by atoms with Gasteiger partial charge >= 0.3 is 0 Å². The highest BCUT2D eigenvalue weighted by Gasteiger charge is 2.40. The van der Waals surface area contributed by atoms with Crippen LogP contribution in [0.5, 0.6) is 17.2 Å². The Morgan fingerprint density at radius 1 is 0.906 bits per heavy atom. The van der Waals surface area contributed by atoms with Crippen molar-refractivity contribution in [1.29, 1.82) is 0 Å². The maximum absolute atomic E-state index is 5.87. The number of allylic oxidation sites excluding steroid dienone is 1. The minimum absolute atomic E-state index is 0.517. The topological polar surface area (TPSA) is 111 Å². The fourth-order valence-electron chi connectivity index (χ4n) is 4.43. The van der Waals surface area contributed by atoms with E-state index >= 15 is 0 Å². The van der Waals surface area contributed by atoms with Crippen molar-refractivity contribution in [2.45, 2.75) is 11.8 Å². The molecule has 0 bridgehead atoms. The molecule has 5 rings (SSSR count). The van der Waals surface area contributed by atoms with Crippen LogP contribution in [0.3, 0.4) is 0 Å². The minimum Gasteiger partial charge on any atom is -0.493 e. The predicted molar refractivity (Wildman–Crippen MR) is 118 cm³/mol. The van der Waals surface area contributed by atoms with Crippen molar-refractivity contribution in [2.24, 2.45) is 0 Å². The molecule has 1 aliphatic rings. The molecule has 1 atom stereocenters. The van der Waals surface area contributed by atoms with Crippen molar-refractivity contribution in [2.75, 3.05) is 21.3 Å². The molecule has 162 valence electrons. The molecule has 4 aromatic rings. The van der Waals surface area contributed by atoms with Crippen LogP contribution in [0.15, 0.2) is 48.5 Å². The average Bonchev–Trinajstić information content (AvgIpc) is 3.52. The van der Waals surface area contributed by atoms with Crippen LogP contribution in [0.1, 0.15) is 22.4 Å². The molecular weight excluding hydrogens is 408 g/mol. The molecule has 9 nitrogen and oxygen atoms in total.